The fourth-order valence-corrected chi connectivity index (χ4v) is 1.31. The molecule has 0 aliphatic rings. The van der Waals surface area contributed by atoms with Crippen molar-refractivity contribution in [2.45, 2.75) is 26.2 Å². The summed E-state index contributed by atoms with van der Waals surface area (Å²) in [5, 5.41) is 6.18. The third-order valence-corrected chi connectivity index (χ3v) is 2.30. The van der Waals surface area contributed by atoms with Gasteiger partial charge in [0.2, 0.25) is 5.91 Å². The Morgan fingerprint density at radius 3 is 2.59 bits per heavy atom. The van der Waals surface area contributed by atoms with Crippen LogP contribution in [0.15, 0.2) is 12.2 Å². The molecule has 0 aliphatic heterocycles. The Balaban J connectivity index is 3.24. The van der Waals surface area contributed by atoms with Crippen molar-refractivity contribution < 1.29 is 4.79 Å². The summed E-state index contributed by atoms with van der Waals surface area (Å²) in [4.78, 5) is 13.5. The maximum Gasteiger partial charge on any atom is 0.220 e. The van der Waals surface area contributed by atoms with Crippen molar-refractivity contribution in [1.29, 1.82) is 0 Å². The summed E-state index contributed by atoms with van der Waals surface area (Å²) in [6.45, 7) is 5.63. The molecule has 17 heavy (non-hydrogen) atoms. The summed E-state index contributed by atoms with van der Waals surface area (Å²) >= 11 is 0. The molecule has 0 aromatic carbocycles. The quantitative estimate of drug-likeness (QED) is 0.443. The van der Waals surface area contributed by atoms with Gasteiger partial charge in [0.05, 0.1) is 0 Å². The first-order chi connectivity index (χ1) is 8.16. The van der Waals surface area contributed by atoms with Gasteiger partial charge < -0.3 is 15.5 Å². The molecule has 0 heterocycles. The molecule has 1 amide bonds. The summed E-state index contributed by atoms with van der Waals surface area (Å²) in [7, 11) is 4.10. The number of hydrogen-bond donors (Lipinski definition) is 2. The Labute approximate surface area is 105 Å². The van der Waals surface area contributed by atoms with E-state index in [1.54, 1.807) is 0 Å². The zero-order valence-corrected chi connectivity index (χ0v) is 11.5. The fraction of sp³-hybridized carbons (Fsp3) is 0.769. The van der Waals surface area contributed by atoms with Crippen LogP contribution in [0.5, 0.6) is 0 Å². The maximum absolute atomic E-state index is 11.4. The molecular weight excluding hydrogens is 214 g/mol. The third-order valence-electron chi connectivity index (χ3n) is 2.30. The Bertz CT molecular complexity index is 215. The highest BCUT2D eigenvalue weighted by Crippen LogP contribution is 1.92. The number of amides is 1. The van der Waals surface area contributed by atoms with E-state index in [-0.39, 0.29) is 5.91 Å². The van der Waals surface area contributed by atoms with Gasteiger partial charge in [0, 0.05) is 32.6 Å². The van der Waals surface area contributed by atoms with Crippen LogP contribution >= 0.6 is 0 Å². The number of likely N-dealkylation sites (N-methyl/N-ethyl adjacent to an activating group) is 1. The number of rotatable bonds is 10. The molecule has 0 fully saturated rings. The van der Waals surface area contributed by atoms with Gasteiger partial charge >= 0.3 is 0 Å². The second kappa shape index (κ2) is 11.6. The molecule has 0 unspecified atom stereocenters. The van der Waals surface area contributed by atoms with Gasteiger partial charge in [-0.25, -0.2) is 0 Å². The number of nitrogens with zero attached hydrogens (tertiary/aromatic N) is 1. The van der Waals surface area contributed by atoms with Crippen molar-refractivity contribution in [3.8, 4) is 0 Å². The lowest BCUT2D eigenvalue weighted by molar-refractivity contribution is -0.120. The van der Waals surface area contributed by atoms with Gasteiger partial charge in [-0.1, -0.05) is 19.1 Å². The number of carbonyl (C=O) groups is 1. The van der Waals surface area contributed by atoms with Crippen LogP contribution in [0, 0.1) is 0 Å². The van der Waals surface area contributed by atoms with Crippen LogP contribution in [0.2, 0.25) is 0 Å². The molecule has 0 saturated carbocycles. The highest BCUT2D eigenvalue weighted by Gasteiger charge is 1.97. The summed E-state index contributed by atoms with van der Waals surface area (Å²) in [6, 6.07) is 0. The Hall–Kier alpha value is -0.870. The minimum absolute atomic E-state index is 0.139. The SMILES string of the molecule is CC/C=C/CCC(=O)NCCNCCN(C)C. The van der Waals surface area contributed by atoms with Crippen molar-refractivity contribution in [3.63, 3.8) is 0 Å². The molecule has 0 spiro atoms. The minimum atomic E-state index is 0.139. The summed E-state index contributed by atoms with van der Waals surface area (Å²) in [5.74, 6) is 0.139. The van der Waals surface area contributed by atoms with E-state index in [9.17, 15) is 4.79 Å². The number of allylic oxidation sites excluding steroid dienone is 2. The van der Waals surface area contributed by atoms with E-state index in [0.29, 0.717) is 13.0 Å². The zero-order chi connectivity index (χ0) is 12.9. The topological polar surface area (TPSA) is 44.4 Å². The van der Waals surface area contributed by atoms with Crippen LogP contribution in [0.25, 0.3) is 0 Å². The standard InChI is InChI=1S/C13H27N3O/c1-4-5-6-7-8-13(17)15-10-9-14-11-12-16(2)3/h5-6,14H,4,7-12H2,1-3H3,(H,15,17)/b6-5+. The monoisotopic (exact) mass is 241 g/mol. The van der Waals surface area contributed by atoms with Gasteiger partial charge in [-0.2, -0.15) is 0 Å². The van der Waals surface area contributed by atoms with E-state index in [1.165, 1.54) is 0 Å². The van der Waals surface area contributed by atoms with Crippen molar-refractivity contribution in [2.24, 2.45) is 0 Å². The van der Waals surface area contributed by atoms with Gasteiger partial charge in [-0.15, -0.1) is 0 Å². The minimum Gasteiger partial charge on any atom is -0.355 e. The van der Waals surface area contributed by atoms with Crippen LogP contribution in [-0.4, -0.2) is 51.1 Å². The van der Waals surface area contributed by atoms with Crippen molar-refractivity contribution in [2.75, 3.05) is 40.3 Å². The van der Waals surface area contributed by atoms with E-state index >= 15 is 0 Å². The molecule has 0 aromatic rings. The van der Waals surface area contributed by atoms with Gasteiger partial charge in [0.1, 0.15) is 0 Å². The molecular formula is C13H27N3O. The summed E-state index contributed by atoms with van der Waals surface area (Å²) < 4.78 is 0. The molecule has 0 rings (SSSR count). The van der Waals surface area contributed by atoms with Crippen LogP contribution in [-0.2, 0) is 4.79 Å². The molecule has 0 aliphatic carbocycles. The van der Waals surface area contributed by atoms with Crippen molar-refractivity contribution in [3.05, 3.63) is 12.2 Å². The summed E-state index contributed by atoms with van der Waals surface area (Å²) in [6.07, 6.45) is 6.63. The average Bonchev–Trinajstić information content (AvgIpc) is 2.29. The lowest BCUT2D eigenvalue weighted by Gasteiger charge is -2.10. The molecule has 4 nitrogen and oxygen atoms in total. The van der Waals surface area contributed by atoms with E-state index in [2.05, 4.69) is 34.6 Å². The molecule has 0 saturated heterocycles. The van der Waals surface area contributed by atoms with Gasteiger partial charge in [-0.05, 0) is 26.9 Å². The fourth-order valence-electron chi connectivity index (χ4n) is 1.31. The van der Waals surface area contributed by atoms with Gasteiger partial charge in [0.15, 0.2) is 0 Å². The highest BCUT2D eigenvalue weighted by atomic mass is 16.1. The van der Waals surface area contributed by atoms with Crippen LogP contribution < -0.4 is 10.6 Å². The normalized spacial score (nSPS) is 11.3. The van der Waals surface area contributed by atoms with E-state index in [4.69, 9.17) is 0 Å². The molecule has 2 N–H and O–H groups in total. The number of hydrogen-bond acceptors (Lipinski definition) is 3. The molecule has 4 heteroatoms. The lowest BCUT2D eigenvalue weighted by Crippen LogP contribution is -2.34. The second-order valence-corrected chi connectivity index (χ2v) is 4.32. The first-order valence-electron chi connectivity index (χ1n) is 6.44. The number of nitrogens with one attached hydrogen (secondary N) is 2. The largest absolute Gasteiger partial charge is 0.355 e. The lowest BCUT2D eigenvalue weighted by atomic mass is 10.2. The van der Waals surface area contributed by atoms with Crippen LogP contribution in [0.3, 0.4) is 0 Å². The smallest absolute Gasteiger partial charge is 0.220 e. The number of carbonyl (C=O) groups excluding carboxylic acids is 1. The van der Waals surface area contributed by atoms with E-state index in [1.807, 2.05) is 14.1 Å². The first kappa shape index (κ1) is 16.1. The Morgan fingerprint density at radius 1 is 1.18 bits per heavy atom. The van der Waals surface area contributed by atoms with Crippen LogP contribution in [0.4, 0.5) is 0 Å². The van der Waals surface area contributed by atoms with Gasteiger partial charge in [-0.3, -0.25) is 4.79 Å². The molecule has 0 aromatic heterocycles. The van der Waals surface area contributed by atoms with Crippen molar-refractivity contribution >= 4 is 5.91 Å². The molecule has 0 bridgehead atoms. The van der Waals surface area contributed by atoms with Crippen LogP contribution in [0.1, 0.15) is 26.2 Å². The van der Waals surface area contributed by atoms with Crippen molar-refractivity contribution in [1.82, 2.24) is 15.5 Å². The first-order valence-corrected chi connectivity index (χ1v) is 6.44. The Kier molecular flexibility index (Phi) is 11.0. The molecule has 0 radical (unpaired) electrons. The van der Waals surface area contributed by atoms with Gasteiger partial charge in [0.25, 0.3) is 0 Å². The predicted octanol–water partition coefficient (Wildman–Crippen LogP) is 1.00. The zero-order valence-electron chi connectivity index (χ0n) is 11.5. The van der Waals surface area contributed by atoms with E-state index in [0.717, 1.165) is 32.5 Å². The molecule has 100 valence electrons. The third kappa shape index (κ3) is 13.1. The predicted molar refractivity (Wildman–Crippen MR) is 73.1 cm³/mol. The highest BCUT2D eigenvalue weighted by molar-refractivity contribution is 5.75. The average molecular weight is 241 g/mol. The molecule has 0 atom stereocenters. The second-order valence-electron chi connectivity index (χ2n) is 4.32. The Morgan fingerprint density at radius 2 is 1.94 bits per heavy atom. The maximum atomic E-state index is 11.4. The van der Waals surface area contributed by atoms with E-state index < -0.39 is 0 Å². The summed E-state index contributed by atoms with van der Waals surface area (Å²) in [5.41, 5.74) is 0.